The SMILES string of the molecule is CNC(=O)c1nccc2c1CN(C(C)c1cnc(OC3CCC3)c(C)c1)C2=O. The number of carbonyl (C=O) groups is 2. The van der Waals surface area contributed by atoms with E-state index < -0.39 is 0 Å². The minimum Gasteiger partial charge on any atom is -0.474 e. The van der Waals surface area contributed by atoms with Crippen molar-refractivity contribution in [3.8, 4) is 5.88 Å². The van der Waals surface area contributed by atoms with Crippen LogP contribution in [-0.4, -0.2) is 39.8 Å². The van der Waals surface area contributed by atoms with Crippen molar-refractivity contribution in [2.45, 2.75) is 51.8 Å². The molecule has 0 saturated heterocycles. The summed E-state index contributed by atoms with van der Waals surface area (Å²) in [4.78, 5) is 35.4. The van der Waals surface area contributed by atoms with Crippen LogP contribution in [0, 0.1) is 6.92 Å². The lowest BCUT2D eigenvalue weighted by molar-refractivity contribution is 0.0714. The van der Waals surface area contributed by atoms with Gasteiger partial charge in [0, 0.05) is 42.7 Å². The van der Waals surface area contributed by atoms with Gasteiger partial charge in [0.1, 0.15) is 11.8 Å². The first kappa shape index (κ1) is 18.4. The molecule has 1 atom stereocenters. The molecule has 2 aliphatic rings. The van der Waals surface area contributed by atoms with E-state index in [1.165, 1.54) is 12.6 Å². The zero-order valence-electron chi connectivity index (χ0n) is 16.4. The predicted octanol–water partition coefficient (Wildman–Crippen LogP) is 2.79. The molecule has 0 spiro atoms. The number of amides is 2. The predicted molar refractivity (Wildman–Crippen MR) is 103 cm³/mol. The number of ether oxygens (including phenoxy) is 1. The lowest BCUT2D eigenvalue weighted by Crippen LogP contribution is -2.28. The third-order valence-electron chi connectivity index (χ3n) is 5.65. The van der Waals surface area contributed by atoms with Crippen LogP contribution in [0.15, 0.2) is 24.5 Å². The van der Waals surface area contributed by atoms with E-state index in [9.17, 15) is 9.59 Å². The number of hydrogen-bond acceptors (Lipinski definition) is 5. The van der Waals surface area contributed by atoms with Crippen molar-refractivity contribution in [3.63, 3.8) is 0 Å². The van der Waals surface area contributed by atoms with Crippen LogP contribution in [-0.2, 0) is 6.54 Å². The smallest absolute Gasteiger partial charge is 0.269 e. The van der Waals surface area contributed by atoms with E-state index in [2.05, 4.69) is 15.3 Å². The number of nitrogens with zero attached hydrogens (tertiary/aromatic N) is 3. The largest absolute Gasteiger partial charge is 0.474 e. The van der Waals surface area contributed by atoms with Crippen LogP contribution in [0.5, 0.6) is 5.88 Å². The van der Waals surface area contributed by atoms with Crippen molar-refractivity contribution in [2.24, 2.45) is 0 Å². The Kier molecular flexibility index (Phi) is 4.75. The molecule has 1 unspecified atom stereocenters. The zero-order chi connectivity index (χ0) is 19.8. The fourth-order valence-corrected chi connectivity index (χ4v) is 3.64. The molecule has 0 aromatic carbocycles. The maximum Gasteiger partial charge on any atom is 0.269 e. The van der Waals surface area contributed by atoms with E-state index in [1.807, 2.05) is 19.9 Å². The van der Waals surface area contributed by atoms with Gasteiger partial charge in [0.25, 0.3) is 11.8 Å². The molecule has 0 radical (unpaired) electrons. The Bertz CT molecular complexity index is 939. The summed E-state index contributed by atoms with van der Waals surface area (Å²) in [5, 5.41) is 2.59. The van der Waals surface area contributed by atoms with Gasteiger partial charge < -0.3 is 15.0 Å². The molecule has 146 valence electrons. The number of fused-ring (bicyclic) bond motifs is 1. The first-order chi connectivity index (χ1) is 13.5. The average molecular weight is 380 g/mol. The first-order valence-electron chi connectivity index (χ1n) is 9.63. The number of nitrogens with one attached hydrogen (secondary N) is 1. The van der Waals surface area contributed by atoms with Gasteiger partial charge in [-0.15, -0.1) is 0 Å². The van der Waals surface area contributed by atoms with Gasteiger partial charge in [0.2, 0.25) is 5.88 Å². The molecule has 7 heteroatoms. The van der Waals surface area contributed by atoms with E-state index >= 15 is 0 Å². The second-order valence-corrected chi connectivity index (χ2v) is 7.44. The molecule has 28 heavy (non-hydrogen) atoms. The number of pyridine rings is 2. The van der Waals surface area contributed by atoms with Crippen LogP contribution < -0.4 is 10.1 Å². The highest BCUT2D eigenvalue weighted by molar-refractivity contribution is 6.03. The second kappa shape index (κ2) is 7.22. The van der Waals surface area contributed by atoms with Gasteiger partial charge in [-0.2, -0.15) is 0 Å². The van der Waals surface area contributed by atoms with Gasteiger partial charge in [-0.05, 0) is 50.8 Å². The third-order valence-corrected chi connectivity index (χ3v) is 5.65. The summed E-state index contributed by atoms with van der Waals surface area (Å²) in [6, 6.07) is 3.52. The fourth-order valence-electron chi connectivity index (χ4n) is 3.64. The van der Waals surface area contributed by atoms with Gasteiger partial charge in [0.15, 0.2) is 0 Å². The quantitative estimate of drug-likeness (QED) is 0.862. The maximum absolute atomic E-state index is 12.9. The summed E-state index contributed by atoms with van der Waals surface area (Å²) in [6.07, 6.45) is 6.94. The van der Waals surface area contributed by atoms with Gasteiger partial charge in [-0.3, -0.25) is 14.6 Å². The van der Waals surface area contributed by atoms with Crippen molar-refractivity contribution in [3.05, 3.63) is 52.5 Å². The van der Waals surface area contributed by atoms with Crippen LogP contribution in [0.3, 0.4) is 0 Å². The van der Waals surface area contributed by atoms with Crippen molar-refractivity contribution >= 4 is 11.8 Å². The van der Waals surface area contributed by atoms with Crippen LogP contribution in [0.25, 0.3) is 0 Å². The summed E-state index contributed by atoms with van der Waals surface area (Å²) < 4.78 is 5.92. The van der Waals surface area contributed by atoms with E-state index in [0.29, 0.717) is 29.2 Å². The third kappa shape index (κ3) is 3.10. The van der Waals surface area contributed by atoms with Crippen LogP contribution in [0.4, 0.5) is 0 Å². The Morgan fingerprint density at radius 1 is 1.36 bits per heavy atom. The monoisotopic (exact) mass is 380 g/mol. The molecule has 7 nitrogen and oxygen atoms in total. The molecule has 0 bridgehead atoms. The van der Waals surface area contributed by atoms with E-state index in [1.54, 1.807) is 24.2 Å². The normalized spacial score (nSPS) is 17.1. The standard InChI is InChI=1S/C21H24N4O3/c1-12-9-14(10-24-20(12)28-15-5-4-6-15)13(2)25-11-17-16(21(25)27)7-8-23-18(17)19(26)22-3/h7-10,13,15H,4-6,11H2,1-3H3,(H,22,26). The molecule has 2 amide bonds. The molecule has 1 aliphatic carbocycles. The van der Waals surface area contributed by atoms with E-state index in [-0.39, 0.29) is 24.0 Å². The van der Waals surface area contributed by atoms with Crippen molar-refractivity contribution < 1.29 is 14.3 Å². The lowest BCUT2D eigenvalue weighted by atomic mass is 9.96. The van der Waals surface area contributed by atoms with Crippen molar-refractivity contribution in [2.75, 3.05) is 7.05 Å². The number of aromatic nitrogens is 2. The maximum atomic E-state index is 12.9. The molecular formula is C21H24N4O3. The molecule has 1 fully saturated rings. The Labute approximate surface area is 164 Å². The average Bonchev–Trinajstić information content (AvgIpc) is 3.01. The Morgan fingerprint density at radius 3 is 2.79 bits per heavy atom. The van der Waals surface area contributed by atoms with E-state index in [0.717, 1.165) is 24.0 Å². The summed E-state index contributed by atoms with van der Waals surface area (Å²) in [5.41, 5.74) is 3.42. The molecule has 2 aromatic rings. The zero-order valence-corrected chi connectivity index (χ0v) is 16.4. The number of carbonyl (C=O) groups excluding carboxylic acids is 2. The Hall–Kier alpha value is -2.96. The highest BCUT2D eigenvalue weighted by atomic mass is 16.5. The highest BCUT2D eigenvalue weighted by Gasteiger charge is 2.35. The Balaban J connectivity index is 1.57. The molecule has 4 rings (SSSR count). The van der Waals surface area contributed by atoms with Crippen LogP contribution in [0.2, 0.25) is 0 Å². The van der Waals surface area contributed by atoms with Crippen molar-refractivity contribution in [1.82, 2.24) is 20.2 Å². The van der Waals surface area contributed by atoms with Gasteiger partial charge >= 0.3 is 0 Å². The summed E-state index contributed by atoms with van der Waals surface area (Å²) >= 11 is 0. The summed E-state index contributed by atoms with van der Waals surface area (Å²) in [5.74, 6) is 0.291. The van der Waals surface area contributed by atoms with Crippen LogP contribution >= 0.6 is 0 Å². The summed E-state index contributed by atoms with van der Waals surface area (Å²) in [7, 11) is 1.56. The minimum atomic E-state index is -0.283. The molecule has 1 saturated carbocycles. The molecule has 2 aromatic heterocycles. The second-order valence-electron chi connectivity index (χ2n) is 7.44. The first-order valence-corrected chi connectivity index (χ1v) is 9.63. The Morgan fingerprint density at radius 2 is 2.14 bits per heavy atom. The van der Waals surface area contributed by atoms with Crippen LogP contribution in [0.1, 0.15) is 69.8 Å². The fraction of sp³-hybridized carbons (Fsp3) is 0.429. The van der Waals surface area contributed by atoms with E-state index in [4.69, 9.17) is 4.74 Å². The molecule has 1 aliphatic heterocycles. The van der Waals surface area contributed by atoms with Gasteiger partial charge in [-0.1, -0.05) is 0 Å². The summed E-state index contributed by atoms with van der Waals surface area (Å²) in [6.45, 7) is 4.30. The number of hydrogen-bond donors (Lipinski definition) is 1. The molecular weight excluding hydrogens is 356 g/mol. The van der Waals surface area contributed by atoms with Gasteiger partial charge in [-0.25, -0.2) is 4.98 Å². The lowest BCUT2D eigenvalue weighted by Gasteiger charge is -2.28. The molecule has 3 heterocycles. The minimum absolute atomic E-state index is 0.0949. The van der Waals surface area contributed by atoms with Crippen molar-refractivity contribution in [1.29, 1.82) is 0 Å². The van der Waals surface area contributed by atoms with Gasteiger partial charge in [0.05, 0.1) is 6.04 Å². The topological polar surface area (TPSA) is 84.4 Å². The highest BCUT2D eigenvalue weighted by Crippen LogP contribution is 2.33. The number of rotatable bonds is 5. The molecule has 1 N–H and O–H groups in total. The number of aryl methyl sites for hydroxylation is 1.